The third kappa shape index (κ3) is 2.49. The molecule has 18 heavy (non-hydrogen) atoms. The summed E-state index contributed by atoms with van der Waals surface area (Å²) in [6, 6.07) is 8.63. The summed E-state index contributed by atoms with van der Waals surface area (Å²) in [5.74, 6) is 1.25. The zero-order chi connectivity index (χ0) is 12.4. The lowest BCUT2D eigenvalue weighted by molar-refractivity contribution is 0.0410. The van der Waals surface area contributed by atoms with Gasteiger partial charge in [-0.25, -0.2) is 0 Å². The lowest BCUT2D eigenvalue weighted by atomic mass is 9.77. The number of ether oxygens (including phenoxy) is 1. The fraction of sp³-hybridized carbons (Fsp3) is 0.600. The number of benzene rings is 1. The Morgan fingerprint density at radius 1 is 1.22 bits per heavy atom. The van der Waals surface area contributed by atoms with Crippen molar-refractivity contribution in [2.75, 3.05) is 19.7 Å². The van der Waals surface area contributed by atoms with E-state index in [1.54, 1.807) is 0 Å². The van der Waals surface area contributed by atoms with E-state index in [1.165, 1.54) is 29.3 Å². The van der Waals surface area contributed by atoms with Crippen molar-refractivity contribution in [1.29, 1.82) is 0 Å². The number of rotatable bonds is 2. The largest absolute Gasteiger partial charge is 0.378 e. The summed E-state index contributed by atoms with van der Waals surface area (Å²) in [6.07, 6.45) is 4.18. The fourth-order valence-electron chi connectivity index (χ4n) is 3.38. The van der Waals surface area contributed by atoms with Gasteiger partial charge in [-0.1, -0.05) is 34.1 Å². The predicted octanol–water partition coefficient (Wildman–Crippen LogP) is 3.32. The molecule has 2 saturated heterocycles. The molecule has 3 atom stereocenters. The molecule has 98 valence electrons. The second-order valence-electron chi connectivity index (χ2n) is 5.34. The van der Waals surface area contributed by atoms with Crippen molar-refractivity contribution in [3.8, 4) is 0 Å². The molecule has 1 aromatic rings. The Bertz CT molecular complexity index is 403. The predicted molar refractivity (Wildman–Crippen MR) is 76.8 cm³/mol. The van der Waals surface area contributed by atoms with E-state index in [1.807, 2.05) is 0 Å². The minimum absolute atomic E-state index is 0.476. The summed E-state index contributed by atoms with van der Waals surface area (Å²) in [5, 5.41) is 3.54. The van der Waals surface area contributed by atoms with Crippen LogP contribution in [0.2, 0.25) is 0 Å². The van der Waals surface area contributed by atoms with Crippen LogP contribution < -0.4 is 5.32 Å². The Labute approximate surface area is 117 Å². The number of piperidine rings is 1. The molecule has 1 aromatic carbocycles. The SMILES string of the molecule is Brc1ccccc1C1CNCCC1C1CCCO1. The highest BCUT2D eigenvalue weighted by Crippen LogP contribution is 2.38. The molecule has 2 nitrogen and oxygen atoms in total. The van der Waals surface area contributed by atoms with Crippen LogP contribution in [-0.4, -0.2) is 25.8 Å². The molecular weight excluding hydrogens is 290 g/mol. The summed E-state index contributed by atoms with van der Waals surface area (Å²) < 4.78 is 7.18. The molecular formula is C15H20BrNO. The summed E-state index contributed by atoms with van der Waals surface area (Å²) in [7, 11) is 0. The highest BCUT2D eigenvalue weighted by molar-refractivity contribution is 9.10. The zero-order valence-corrected chi connectivity index (χ0v) is 12.2. The first-order valence-corrected chi connectivity index (χ1v) is 7.72. The molecule has 0 aliphatic carbocycles. The van der Waals surface area contributed by atoms with Gasteiger partial charge in [0.15, 0.2) is 0 Å². The minimum atomic E-state index is 0.476. The first-order valence-electron chi connectivity index (χ1n) is 6.93. The second kappa shape index (κ2) is 5.72. The van der Waals surface area contributed by atoms with E-state index in [0.29, 0.717) is 17.9 Å². The van der Waals surface area contributed by atoms with Crippen LogP contribution in [0.15, 0.2) is 28.7 Å². The topological polar surface area (TPSA) is 21.3 Å². The summed E-state index contributed by atoms with van der Waals surface area (Å²) in [5.41, 5.74) is 1.44. The second-order valence-corrected chi connectivity index (χ2v) is 6.19. The molecule has 2 aliphatic rings. The molecule has 0 saturated carbocycles. The Hall–Kier alpha value is -0.380. The van der Waals surface area contributed by atoms with Gasteiger partial charge >= 0.3 is 0 Å². The third-order valence-corrected chi connectivity index (χ3v) is 5.00. The van der Waals surface area contributed by atoms with E-state index in [9.17, 15) is 0 Å². The number of hydrogen-bond acceptors (Lipinski definition) is 2. The van der Waals surface area contributed by atoms with E-state index >= 15 is 0 Å². The average molecular weight is 310 g/mol. The maximum absolute atomic E-state index is 5.94. The first kappa shape index (κ1) is 12.6. The number of hydrogen-bond donors (Lipinski definition) is 1. The van der Waals surface area contributed by atoms with Crippen molar-refractivity contribution in [2.45, 2.75) is 31.3 Å². The monoisotopic (exact) mass is 309 g/mol. The Balaban J connectivity index is 1.85. The molecule has 3 unspecified atom stereocenters. The van der Waals surface area contributed by atoms with Crippen molar-refractivity contribution in [3.63, 3.8) is 0 Å². The van der Waals surface area contributed by atoms with Crippen LogP contribution in [0.5, 0.6) is 0 Å². The molecule has 3 rings (SSSR count). The standard InChI is InChI=1S/C15H20BrNO/c16-14-5-2-1-4-11(14)13-10-17-8-7-12(13)15-6-3-9-18-15/h1-2,4-5,12-13,15,17H,3,6-10H2. The van der Waals surface area contributed by atoms with Gasteiger partial charge in [0, 0.05) is 23.5 Å². The molecule has 0 bridgehead atoms. The van der Waals surface area contributed by atoms with E-state index in [-0.39, 0.29) is 0 Å². The van der Waals surface area contributed by atoms with Crippen molar-refractivity contribution < 1.29 is 4.74 Å². The van der Waals surface area contributed by atoms with Crippen LogP contribution in [-0.2, 0) is 4.74 Å². The molecule has 0 amide bonds. The molecule has 0 radical (unpaired) electrons. The maximum atomic E-state index is 5.94. The van der Waals surface area contributed by atoms with E-state index < -0.39 is 0 Å². The number of nitrogens with one attached hydrogen (secondary N) is 1. The van der Waals surface area contributed by atoms with Gasteiger partial charge in [-0.05, 0) is 43.4 Å². The van der Waals surface area contributed by atoms with Gasteiger partial charge in [0.25, 0.3) is 0 Å². The van der Waals surface area contributed by atoms with Gasteiger partial charge in [0.05, 0.1) is 6.10 Å². The summed E-state index contributed by atoms with van der Waals surface area (Å²) in [4.78, 5) is 0. The van der Waals surface area contributed by atoms with Gasteiger partial charge in [0.1, 0.15) is 0 Å². The quantitative estimate of drug-likeness (QED) is 0.905. The highest BCUT2D eigenvalue weighted by atomic mass is 79.9. The van der Waals surface area contributed by atoms with Crippen LogP contribution >= 0.6 is 15.9 Å². The van der Waals surface area contributed by atoms with Gasteiger partial charge < -0.3 is 10.1 Å². The van der Waals surface area contributed by atoms with E-state index in [0.717, 1.165) is 19.7 Å². The normalized spacial score (nSPS) is 32.6. The smallest absolute Gasteiger partial charge is 0.0610 e. The van der Waals surface area contributed by atoms with Crippen molar-refractivity contribution in [3.05, 3.63) is 34.3 Å². The van der Waals surface area contributed by atoms with Crippen molar-refractivity contribution in [1.82, 2.24) is 5.32 Å². The third-order valence-electron chi connectivity index (χ3n) is 4.28. The summed E-state index contributed by atoms with van der Waals surface area (Å²) >= 11 is 3.70. The Morgan fingerprint density at radius 3 is 2.89 bits per heavy atom. The molecule has 0 aromatic heterocycles. The van der Waals surface area contributed by atoms with Crippen molar-refractivity contribution in [2.24, 2.45) is 5.92 Å². The van der Waals surface area contributed by atoms with Crippen LogP contribution in [0.1, 0.15) is 30.7 Å². The van der Waals surface area contributed by atoms with Crippen molar-refractivity contribution >= 4 is 15.9 Å². The van der Waals surface area contributed by atoms with Gasteiger partial charge in [-0.15, -0.1) is 0 Å². The van der Waals surface area contributed by atoms with Crippen LogP contribution in [0.25, 0.3) is 0 Å². The molecule has 2 fully saturated rings. The molecule has 0 spiro atoms. The van der Waals surface area contributed by atoms with E-state index in [4.69, 9.17) is 4.74 Å². The van der Waals surface area contributed by atoms with Crippen LogP contribution in [0.4, 0.5) is 0 Å². The van der Waals surface area contributed by atoms with Gasteiger partial charge in [0.2, 0.25) is 0 Å². The first-order chi connectivity index (χ1) is 8.86. The maximum Gasteiger partial charge on any atom is 0.0610 e. The average Bonchev–Trinajstić information content (AvgIpc) is 2.93. The molecule has 1 N–H and O–H groups in total. The van der Waals surface area contributed by atoms with Gasteiger partial charge in [-0.3, -0.25) is 0 Å². The Kier molecular flexibility index (Phi) is 4.02. The van der Waals surface area contributed by atoms with Crippen LogP contribution in [0.3, 0.4) is 0 Å². The lowest BCUT2D eigenvalue weighted by Crippen LogP contribution is -2.40. The molecule has 2 aliphatic heterocycles. The van der Waals surface area contributed by atoms with Gasteiger partial charge in [-0.2, -0.15) is 0 Å². The zero-order valence-electron chi connectivity index (χ0n) is 10.6. The van der Waals surface area contributed by atoms with E-state index in [2.05, 4.69) is 45.5 Å². The lowest BCUT2D eigenvalue weighted by Gasteiger charge is -2.36. The highest BCUT2D eigenvalue weighted by Gasteiger charge is 2.35. The number of halogens is 1. The molecule has 2 heterocycles. The Morgan fingerprint density at radius 2 is 2.11 bits per heavy atom. The summed E-state index contributed by atoms with van der Waals surface area (Å²) in [6.45, 7) is 3.16. The molecule has 3 heteroatoms. The fourth-order valence-corrected chi connectivity index (χ4v) is 3.96. The minimum Gasteiger partial charge on any atom is -0.378 e. The van der Waals surface area contributed by atoms with Crippen LogP contribution in [0, 0.1) is 5.92 Å².